The van der Waals surface area contributed by atoms with Crippen LogP contribution in [0.5, 0.6) is 0 Å². The average Bonchev–Trinajstić information content (AvgIpc) is 2.41. The summed E-state index contributed by atoms with van der Waals surface area (Å²) in [5.74, 6) is -0.189. The first-order chi connectivity index (χ1) is 9.11. The molecule has 1 nitrogen and oxygen atoms in total. The van der Waals surface area contributed by atoms with Gasteiger partial charge in [-0.1, -0.05) is 42.8 Å². The molecule has 100 valence electrons. The van der Waals surface area contributed by atoms with Crippen LogP contribution in [0.4, 0.5) is 10.1 Å². The zero-order chi connectivity index (χ0) is 13.8. The normalized spacial score (nSPS) is 12.2. The van der Waals surface area contributed by atoms with Crippen LogP contribution in [-0.4, -0.2) is 0 Å². The molecule has 0 bridgehead atoms. The Kier molecular flexibility index (Phi) is 4.43. The van der Waals surface area contributed by atoms with Gasteiger partial charge in [-0.25, -0.2) is 4.39 Å². The van der Waals surface area contributed by atoms with Crippen molar-refractivity contribution in [2.45, 2.75) is 26.3 Å². The molecule has 2 aromatic rings. The third-order valence-electron chi connectivity index (χ3n) is 3.14. The van der Waals surface area contributed by atoms with Gasteiger partial charge in [0, 0.05) is 5.56 Å². The Morgan fingerprint density at radius 2 is 1.95 bits per heavy atom. The van der Waals surface area contributed by atoms with Gasteiger partial charge in [-0.05, 0) is 37.1 Å². The number of benzene rings is 2. The Balaban J connectivity index is 2.29. The van der Waals surface area contributed by atoms with Gasteiger partial charge in [-0.3, -0.25) is 0 Å². The molecule has 1 unspecified atom stereocenters. The topological polar surface area (TPSA) is 12.0 Å². The fourth-order valence-corrected chi connectivity index (χ4v) is 2.27. The monoisotopic (exact) mass is 277 g/mol. The molecule has 0 saturated carbocycles. The summed E-state index contributed by atoms with van der Waals surface area (Å²) in [6.45, 7) is 4.03. The van der Waals surface area contributed by atoms with Crippen LogP contribution >= 0.6 is 11.6 Å². The van der Waals surface area contributed by atoms with Crippen molar-refractivity contribution in [2.24, 2.45) is 0 Å². The first-order valence-corrected chi connectivity index (χ1v) is 6.76. The van der Waals surface area contributed by atoms with Crippen molar-refractivity contribution in [1.29, 1.82) is 0 Å². The van der Waals surface area contributed by atoms with Crippen LogP contribution < -0.4 is 5.32 Å². The summed E-state index contributed by atoms with van der Waals surface area (Å²) in [7, 11) is 0. The van der Waals surface area contributed by atoms with E-state index in [4.69, 9.17) is 11.6 Å². The lowest BCUT2D eigenvalue weighted by atomic mass is 10.0. The molecule has 0 heterocycles. The maximum Gasteiger partial charge on any atom is 0.128 e. The van der Waals surface area contributed by atoms with Gasteiger partial charge in [0.2, 0.25) is 0 Å². The van der Waals surface area contributed by atoms with Crippen LogP contribution in [0.25, 0.3) is 0 Å². The summed E-state index contributed by atoms with van der Waals surface area (Å²) in [5, 5.41) is 3.98. The number of nitrogens with one attached hydrogen (secondary N) is 1. The van der Waals surface area contributed by atoms with Crippen LogP contribution in [0.2, 0.25) is 5.02 Å². The Morgan fingerprint density at radius 1 is 1.21 bits per heavy atom. The van der Waals surface area contributed by atoms with Gasteiger partial charge in [0.1, 0.15) is 5.82 Å². The van der Waals surface area contributed by atoms with E-state index in [9.17, 15) is 4.39 Å². The lowest BCUT2D eigenvalue weighted by molar-refractivity contribution is 0.587. The highest BCUT2D eigenvalue weighted by atomic mass is 35.5. The van der Waals surface area contributed by atoms with E-state index in [1.807, 2.05) is 38.1 Å². The minimum absolute atomic E-state index is 0.0829. The van der Waals surface area contributed by atoms with Gasteiger partial charge in [0.15, 0.2) is 0 Å². The first-order valence-electron chi connectivity index (χ1n) is 6.39. The minimum atomic E-state index is -0.189. The number of halogens is 2. The summed E-state index contributed by atoms with van der Waals surface area (Å²) in [6, 6.07) is 12.5. The Labute approximate surface area is 118 Å². The smallest absolute Gasteiger partial charge is 0.128 e. The molecular formula is C16H17ClFN. The molecule has 0 radical (unpaired) electrons. The minimum Gasteiger partial charge on any atom is -0.377 e. The second-order valence-corrected chi connectivity index (χ2v) is 5.02. The third-order valence-corrected chi connectivity index (χ3v) is 3.47. The van der Waals surface area contributed by atoms with Crippen LogP contribution in [0.1, 0.15) is 30.5 Å². The van der Waals surface area contributed by atoms with Crippen LogP contribution in [0.3, 0.4) is 0 Å². The van der Waals surface area contributed by atoms with Crippen LogP contribution in [-0.2, 0) is 0 Å². The van der Waals surface area contributed by atoms with E-state index < -0.39 is 0 Å². The highest BCUT2D eigenvalue weighted by Gasteiger charge is 2.14. The number of anilines is 1. The SMILES string of the molecule is CCC(Nc1cc(C)ccc1Cl)c1ccccc1F. The largest absolute Gasteiger partial charge is 0.377 e. The molecule has 0 spiro atoms. The van der Waals surface area contributed by atoms with Gasteiger partial charge in [0.05, 0.1) is 16.8 Å². The fourth-order valence-electron chi connectivity index (χ4n) is 2.09. The second kappa shape index (κ2) is 6.07. The van der Waals surface area contributed by atoms with Crippen molar-refractivity contribution in [1.82, 2.24) is 0 Å². The van der Waals surface area contributed by atoms with Gasteiger partial charge >= 0.3 is 0 Å². The number of hydrogen-bond acceptors (Lipinski definition) is 1. The molecule has 3 heteroatoms. The zero-order valence-electron chi connectivity index (χ0n) is 11.1. The molecule has 0 saturated heterocycles. The summed E-state index contributed by atoms with van der Waals surface area (Å²) >= 11 is 6.17. The molecule has 0 amide bonds. The molecule has 2 aromatic carbocycles. The van der Waals surface area contributed by atoms with Crippen molar-refractivity contribution in [3.05, 3.63) is 64.4 Å². The van der Waals surface area contributed by atoms with Gasteiger partial charge < -0.3 is 5.32 Å². The number of hydrogen-bond donors (Lipinski definition) is 1. The first kappa shape index (κ1) is 13.9. The fraction of sp³-hybridized carbons (Fsp3) is 0.250. The molecule has 1 atom stereocenters. The Bertz CT molecular complexity index is 568. The summed E-state index contributed by atoms with van der Waals surface area (Å²) in [5.41, 5.74) is 2.63. The molecular weight excluding hydrogens is 261 g/mol. The maximum absolute atomic E-state index is 13.8. The Hall–Kier alpha value is -1.54. The van der Waals surface area contributed by atoms with E-state index in [1.165, 1.54) is 6.07 Å². The molecule has 19 heavy (non-hydrogen) atoms. The van der Waals surface area contributed by atoms with E-state index >= 15 is 0 Å². The summed E-state index contributed by atoms with van der Waals surface area (Å²) in [6.07, 6.45) is 0.783. The molecule has 0 aliphatic heterocycles. The van der Waals surface area contributed by atoms with Crippen molar-refractivity contribution in [3.63, 3.8) is 0 Å². The second-order valence-electron chi connectivity index (χ2n) is 4.61. The van der Waals surface area contributed by atoms with Crippen LogP contribution in [0.15, 0.2) is 42.5 Å². The summed E-state index contributed by atoms with van der Waals surface area (Å²) in [4.78, 5) is 0. The molecule has 1 N–H and O–H groups in total. The average molecular weight is 278 g/mol. The molecule has 2 rings (SSSR count). The predicted molar refractivity (Wildman–Crippen MR) is 79.2 cm³/mol. The summed E-state index contributed by atoms with van der Waals surface area (Å²) < 4.78 is 13.8. The van der Waals surface area contributed by atoms with E-state index in [1.54, 1.807) is 12.1 Å². The lowest BCUT2D eigenvalue weighted by Gasteiger charge is -2.20. The quantitative estimate of drug-likeness (QED) is 0.794. The van der Waals surface area contributed by atoms with Gasteiger partial charge in [0.25, 0.3) is 0 Å². The molecule has 0 fully saturated rings. The van der Waals surface area contributed by atoms with E-state index in [0.29, 0.717) is 10.6 Å². The van der Waals surface area contributed by atoms with Gasteiger partial charge in [-0.15, -0.1) is 0 Å². The highest BCUT2D eigenvalue weighted by Crippen LogP contribution is 2.29. The molecule has 0 aliphatic rings. The number of aryl methyl sites for hydroxylation is 1. The van der Waals surface area contributed by atoms with Crippen LogP contribution in [0, 0.1) is 12.7 Å². The maximum atomic E-state index is 13.8. The lowest BCUT2D eigenvalue weighted by Crippen LogP contribution is -2.11. The van der Waals surface area contributed by atoms with Crippen molar-refractivity contribution >= 4 is 17.3 Å². The standard InChI is InChI=1S/C16H17ClFN/c1-3-15(12-6-4-5-7-14(12)18)19-16-10-11(2)8-9-13(16)17/h4-10,15,19H,3H2,1-2H3. The van der Waals surface area contributed by atoms with Crippen molar-refractivity contribution < 1.29 is 4.39 Å². The van der Waals surface area contributed by atoms with Crippen molar-refractivity contribution in [3.8, 4) is 0 Å². The third kappa shape index (κ3) is 3.27. The molecule has 0 aliphatic carbocycles. The molecule has 0 aromatic heterocycles. The van der Waals surface area contributed by atoms with Crippen molar-refractivity contribution in [2.75, 3.05) is 5.32 Å². The highest BCUT2D eigenvalue weighted by molar-refractivity contribution is 6.33. The number of rotatable bonds is 4. The predicted octanol–water partition coefficient (Wildman–Crippen LogP) is 5.35. The zero-order valence-corrected chi connectivity index (χ0v) is 11.8. The van der Waals surface area contributed by atoms with E-state index in [2.05, 4.69) is 5.32 Å². The van der Waals surface area contributed by atoms with E-state index in [-0.39, 0.29) is 11.9 Å². The van der Waals surface area contributed by atoms with Gasteiger partial charge in [-0.2, -0.15) is 0 Å². The van der Waals surface area contributed by atoms with E-state index in [0.717, 1.165) is 17.7 Å². The Morgan fingerprint density at radius 3 is 2.63 bits per heavy atom.